The molecule has 0 radical (unpaired) electrons. The largest absolute Gasteiger partial charge is 0.338 e. The number of piperidine rings is 1. The maximum absolute atomic E-state index is 12.0. The summed E-state index contributed by atoms with van der Waals surface area (Å²) >= 11 is 1.17. The van der Waals surface area contributed by atoms with Gasteiger partial charge in [0.2, 0.25) is 0 Å². The molecule has 1 aromatic rings. The fourth-order valence-electron chi connectivity index (χ4n) is 2.05. The third-order valence-corrected chi connectivity index (χ3v) is 3.62. The van der Waals surface area contributed by atoms with Crippen molar-refractivity contribution in [3.63, 3.8) is 0 Å². The van der Waals surface area contributed by atoms with Gasteiger partial charge in [-0.1, -0.05) is 4.49 Å². The highest BCUT2D eigenvalue weighted by molar-refractivity contribution is 7.07. The van der Waals surface area contributed by atoms with Crippen molar-refractivity contribution in [2.45, 2.75) is 12.8 Å². The number of rotatable bonds is 3. The summed E-state index contributed by atoms with van der Waals surface area (Å²) in [6.07, 6.45) is 3.71. The summed E-state index contributed by atoms with van der Waals surface area (Å²) in [5, 5.41) is 6.88. The zero-order valence-electron chi connectivity index (χ0n) is 9.35. The van der Waals surface area contributed by atoms with E-state index >= 15 is 0 Å². The molecule has 1 fully saturated rings. The quantitative estimate of drug-likeness (QED) is 0.841. The Morgan fingerprint density at radius 3 is 2.94 bits per heavy atom. The zero-order chi connectivity index (χ0) is 11.4. The van der Waals surface area contributed by atoms with Crippen LogP contribution in [-0.4, -0.2) is 47.1 Å². The molecule has 6 heteroatoms. The molecular weight excluding hydrogens is 224 g/mol. The van der Waals surface area contributed by atoms with Crippen molar-refractivity contribution < 1.29 is 4.79 Å². The van der Waals surface area contributed by atoms with Crippen LogP contribution in [-0.2, 0) is 0 Å². The van der Waals surface area contributed by atoms with Gasteiger partial charge in [-0.05, 0) is 43.9 Å². The third-order valence-electron chi connectivity index (χ3n) is 2.97. The van der Waals surface area contributed by atoms with Gasteiger partial charge in [0, 0.05) is 13.1 Å². The van der Waals surface area contributed by atoms with E-state index in [0.29, 0.717) is 10.8 Å². The van der Waals surface area contributed by atoms with E-state index < -0.39 is 0 Å². The van der Waals surface area contributed by atoms with Gasteiger partial charge in [-0.2, -0.15) is 0 Å². The molecule has 0 saturated carbocycles. The second-order valence-electron chi connectivity index (χ2n) is 4.08. The maximum Gasteiger partial charge on any atom is 0.267 e. The Kier molecular flexibility index (Phi) is 3.84. The van der Waals surface area contributed by atoms with Crippen LogP contribution in [0.5, 0.6) is 0 Å². The van der Waals surface area contributed by atoms with Crippen LogP contribution in [0.25, 0.3) is 0 Å². The second kappa shape index (κ2) is 5.36. The normalized spacial score (nSPS) is 17.7. The van der Waals surface area contributed by atoms with Crippen molar-refractivity contribution in [3.05, 3.63) is 11.1 Å². The second-order valence-corrected chi connectivity index (χ2v) is 4.86. The van der Waals surface area contributed by atoms with Crippen LogP contribution in [0.3, 0.4) is 0 Å². The highest BCUT2D eigenvalue weighted by atomic mass is 32.1. The monoisotopic (exact) mass is 240 g/mol. The first kappa shape index (κ1) is 11.5. The van der Waals surface area contributed by atoms with E-state index in [1.807, 2.05) is 11.9 Å². The number of nitrogens with zero attached hydrogens (tertiary/aromatic N) is 3. The van der Waals surface area contributed by atoms with Gasteiger partial charge < -0.3 is 10.2 Å². The predicted octanol–water partition coefficient (Wildman–Crippen LogP) is 0.610. The van der Waals surface area contributed by atoms with Crippen molar-refractivity contribution in [1.29, 1.82) is 0 Å². The van der Waals surface area contributed by atoms with E-state index in [1.54, 1.807) is 6.20 Å². The molecule has 1 aliphatic heterocycles. The number of carbonyl (C=O) groups is 1. The van der Waals surface area contributed by atoms with Gasteiger partial charge in [-0.3, -0.25) is 4.79 Å². The topological polar surface area (TPSA) is 58.1 Å². The molecule has 16 heavy (non-hydrogen) atoms. The first-order valence-corrected chi connectivity index (χ1v) is 6.30. The number of aromatic nitrogens is 2. The van der Waals surface area contributed by atoms with Crippen LogP contribution >= 0.6 is 11.5 Å². The van der Waals surface area contributed by atoms with Crippen molar-refractivity contribution >= 4 is 17.4 Å². The molecule has 0 unspecified atom stereocenters. The van der Waals surface area contributed by atoms with Gasteiger partial charge in [-0.25, -0.2) is 0 Å². The van der Waals surface area contributed by atoms with Crippen molar-refractivity contribution in [2.24, 2.45) is 5.92 Å². The number of likely N-dealkylation sites (tertiary alicyclic amines) is 1. The van der Waals surface area contributed by atoms with Crippen LogP contribution in [0.15, 0.2) is 6.20 Å². The standard InChI is InChI=1S/C10H16N4OS/c1-11-6-8-2-4-14(5-3-8)10(15)9-7-12-13-16-9/h7-8,11H,2-6H2,1H3. The minimum atomic E-state index is 0.0814. The Morgan fingerprint density at radius 2 is 2.38 bits per heavy atom. The number of amides is 1. The van der Waals surface area contributed by atoms with Crippen LogP contribution in [0.1, 0.15) is 22.5 Å². The zero-order valence-corrected chi connectivity index (χ0v) is 10.2. The van der Waals surface area contributed by atoms with Gasteiger partial charge >= 0.3 is 0 Å². The number of hydrogen-bond donors (Lipinski definition) is 1. The summed E-state index contributed by atoms with van der Waals surface area (Å²) in [6.45, 7) is 2.75. The Balaban J connectivity index is 1.87. The minimum absolute atomic E-state index is 0.0814. The number of carbonyl (C=O) groups excluding carboxylic acids is 1. The minimum Gasteiger partial charge on any atom is -0.338 e. The molecule has 1 aromatic heterocycles. The lowest BCUT2D eigenvalue weighted by atomic mass is 9.97. The number of hydrogen-bond acceptors (Lipinski definition) is 5. The maximum atomic E-state index is 12.0. The molecule has 0 atom stereocenters. The summed E-state index contributed by atoms with van der Waals surface area (Å²) in [6, 6.07) is 0. The lowest BCUT2D eigenvalue weighted by Gasteiger charge is -2.31. The van der Waals surface area contributed by atoms with Crippen molar-refractivity contribution in [1.82, 2.24) is 19.8 Å². The average Bonchev–Trinajstić information content (AvgIpc) is 2.83. The summed E-state index contributed by atoms with van der Waals surface area (Å²) < 4.78 is 3.72. The summed E-state index contributed by atoms with van der Waals surface area (Å²) in [5.74, 6) is 0.784. The van der Waals surface area contributed by atoms with Gasteiger partial charge in [0.25, 0.3) is 5.91 Å². The number of nitrogens with one attached hydrogen (secondary N) is 1. The van der Waals surface area contributed by atoms with E-state index in [9.17, 15) is 4.79 Å². The Hall–Kier alpha value is -1.01. The molecule has 1 amide bonds. The van der Waals surface area contributed by atoms with Crippen molar-refractivity contribution in [3.8, 4) is 0 Å². The van der Waals surface area contributed by atoms with E-state index in [4.69, 9.17) is 0 Å². The highest BCUT2D eigenvalue weighted by Gasteiger charge is 2.24. The molecule has 88 valence electrons. The van der Waals surface area contributed by atoms with Crippen molar-refractivity contribution in [2.75, 3.05) is 26.7 Å². The highest BCUT2D eigenvalue weighted by Crippen LogP contribution is 2.18. The fourth-order valence-corrected chi connectivity index (χ4v) is 2.53. The van der Waals surface area contributed by atoms with Gasteiger partial charge in [0.15, 0.2) is 0 Å². The van der Waals surface area contributed by atoms with E-state index in [-0.39, 0.29) is 5.91 Å². The molecule has 2 rings (SSSR count). The molecule has 1 aliphatic rings. The smallest absolute Gasteiger partial charge is 0.267 e. The molecule has 0 aromatic carbocycles. The molecule has 1 saturated heterocycles. The lowest BCUT2D eigenvalue weighted by Crippen LogP contribution is -2.40. The molecule has 0 bridgehead atoms. The molecule has 0 aliphatic carbocycles. The predicted molar refractivity (Wildman–Crippen MR) is 62.5 cm³/mol. The van der Waals surface area contributed by atoms with Crippen LogP contribution in [0, 0.1) is 5.92 Å². The fraction of sp³-hybridized carbons (Fsp3) is 0.700. The van der Waals surface area contributed by atoms with E-state index in [0.717, 1.165) is 32.5 Å². The molecule has 1 N–H and O–H groups in total. The Bertz CT molecular complexity index is 333. The average molecular weight is 240 g/mol. The van der Waals surface area contributed by atoms with Crippen LogP contribution < -0.4 is 5.32 Å². The molecular formula is C10H16N4OS. The Labute approximate surface area is 99.0 Å². The summed E-state index contributed by atoms with van der Waals surface area (Å²) in [7, 11) is 1.97. The SMILES string of the molecule is CNCC1CCN(C(=O)c2cnns2)CC1. The van der Waals surface area contributed by atoms with Gasteiger partial charge in [0.05, 0.1) is 6.20 Å². The molecule has 0 spiro atoms. The van der Waals surface area contributed by atoms with E-state index in [1.165, 1.54) is 11.5 Å². The van der Waals surface area contributed by atoms with Gasteiger partial charge in [-0.15, -0.1) is 5.10 Å². The first-order valence-electron chi connectivity index (χ1n) is 5.52. The van der Waals surface area contributed by atoms with Crippen LogP contribution in [0.2, 0.25) is 0 Å². The third kappa shape index (κ3) is 2.56. The first-order chi connectivity index (χ1) is 7.81. The molecule has 5 nitrogen and oxygen atoms in total. The summed E-state index contributed by atoms with van der Waals surface area (Å²) in [4.78, 5) is 14.5. The van der Waals surface area contributed by atoms with E-state index in [2.05, 4.69) is 14.9 Å². The summed E-state index contributed by atoms with van der Waals surface area (Å²) in [5.41, 5.74) is 0. The van der Waals surface area contributed by atoms with Gasteiger partial charge in [0.1, 0.15) is 4.88 Å². The van der Waals surface area contributed by atoms with Crippen LogP contribution in [0.4, 0.5) is 0 Å². The lowest BCUT2D eigenvalue weighted by molar-refractivity contribution is 0.0695. The molecule has 2 heterocycles. The Morgan fingerprint density at radius 1 is 1.62 bits per heavy atom.